The Morgan fingerprint density at radius 2 is 2.08 bits per heavy atom. The molecule has 0 atom stereocenters. The van der Waals surface area contributed by atoms with Crippen LogP contribution in [0.15, 0.2) is 18.6 Å². The van der Waals surface area contributed by atoms with Crippen LogP contribution in [0.4, 0.5) is 5.82 Å². The lowest BCUT2D eigenvalue weighted by Crippen LogP contribution is -2.33. The van der Waals surface area contributed by atoms with E-state index in [9.17, 15) is 0 Å². The van der Waals surface area contributed by atoms with Crippen molar-refractivity contribution < 1.29 is 0 Å². The van der Waals surface area contributed by atoms with Gasteiger partial charge in [-0.1, -0.05) is 13.8 Å². The predicted octanol–water partition coefficient (Wildman–Crippen LogP) is 2.47. The Hall–Kier alpha value is -1.12. The molecule has 13 heavy (non-hydrogen) atoms. The molecule has 0 fully saturated rings. The van der Waals surface area contributed by atoms with Crippen molar-refractivity contribution in [2.24, 2.45) is 0 Å². The van der Waals surface area contributed by atoms with Crippen LogP contribution < -0.4 is 5.32 Å². The smallest absolute Gasteiger partial charge is 0.129 e. The lowest BCUT2D eigenvalue weighted by Gasteiger charge is -2.28. The zero-order valence-corrected chi connectivity index (χ0v) is 8.54. The lowest BCUT2D eigenvalue weighted by molar-refractivity contribution is 0.476. The number of rotatable bonds is 4. The maximum atomic E-state index is 4.14. The fraction of sp³-hybridized carbons (Fsp3) is 0.600. The molecular formula is C10H17N3. The molecule has 1 aromatic rings. The van der Waals surface area contributed by atoms with Gasteiger partial charge in [0.15, 0.2) is 0 Å². The number of anilines is 1. The van der Waals surface area contributed by atoms with Crippen LogP contribution in [-0.4, -0.2) is 15.5 Å². The van der Waals surface area contributed by atoms with Crippen LogP contribution in [0, 0.1) is 0 Å². The molecule has 0 saturated carbocycles. The first kappa shape index (κ1) is 9.96. The summed E-state index contributed by atoms with van der Waals surface area (Å²) in [7, 11) is 0. The van der Waals surface area contributed by atoms with Crippen molar-refractivity contribution in [3.05, 3.63) is 18.6 Å². The Morgan fingerprint density at radius 1 is 1.38 bits per heavy atom. The monoisotopic (exact) mass is 179 g/mol. The van der Waals surface area contributed by atoms with Gasteiger partial charge in [0.25, 0.3) is 0 Å². The van der Waals surface area contributed by atoms with Gasteiger partial charge in [0, 0.05) is 11.7 Å². The van der Waals surface area contributed by atoms with Gasteiger partial charge in [-0.15, -0.1) is 0 Å². The van der Waals surface area contributed by atoms with Gasteiger partial charge < -0.3 is 5.32 Å². The van der Waals surface area contributed by atoms with E-state index in [1.54, 1.807) is 12.5 Å². The van der Waals surface area contributed by atoms with Crippen LogP contribution in [0.3, 0.4) is 0 Å². The van der Waals surface area contributed by atoms with Gasteiger partial charge in [0.2, 0.25) is 0 Å². The zero-order chi connectivity index (χ0) is 9.73. The third kappa shape index (κ3) is 2.68. The fourth-order valence-electron chi connectivity index (χ4n) is 1.10. The van der Waals surface area contributed by atoms with Crippen molar-refractivity contribution in [1.82, 2.24) is 9.97 Å². The largest absolute Gasteiger partial charge is 0.365 e. The standard InChI is InChI=1S/C10H17N3/c1-4-10(3,5-2)13-9-6-7-11-8-12-9/h6-8H,4-5H2,1-3H3,(H,11,12,13). The van der Waals surface area contributed by atoms with E-state index in [2.05, 4.69) is 36.1 Å². The van der Waals surface area contributed by atoms with Crippen molar-refractivity contribution in [2.75, 3.05) is 5.32 Å². The third-order valence-corrected chi connectivity index (χ3v) is 2.57. The average Bonchev–Trinajstić information content (AvgIpc) is 2.19. The molecule has 0 unspecified atom stereocenters. The summed E-state index contributed by atoms with van der Waals surface area (Å²) in [5.74, 6) is 0.904. The third-order valence-electron chi connectivity index (χ3n) is 2.57. The Bertz CT molecular complexity index is 242. The van der Waals surface area contributed by atoms with E-state index in [0.29, 0.717) is 0 Å². The van der Waals surface area contributed by atoms with Crippen molar-refractivity contribution in [2.45, 2.75) is 39.2 Å². The normalized spacial score (nSPS) is 11.3. The van der Waals surface area contributed by atoms with Crippen molar-refractivity contribution in [3.63, 3.8) is 0 Å². The minimum absolute atomic E-state index is 0.147. The first-order valence-electron chi connectivity index (χ1n) is 4.74. The van der Waals surface area contributed by atoms with E-state index in [1.165, 1.54) is 0 Å². The molecule has 0 amide bonds. The predicted molar refractivity (Wildman–Crippen MR) is 54.6 cm³/mol. The SMILES string of the molecule is CCC(C)(CC)Nc1ccncn1. The topological polar surface area (TPSA) is 37.8 Å². The van der Waals surface area contributed by atoms with E-state index >= 15 is 0 Å². The highest BCUT2D eigenvalue weighted by molar-refractivity contribution is 5.35. The van der Waals surface area contributed by atoms with E-state index in [0.717, 1.165) is 18.7 Å². The molecule has 1 heterocycles. The highest BCUT2D eigenvalue weighted by Gasteiger charge is 2.18. The van der Waals surface area contributed by atoms with E-state index in [4.69, 9.17) is 0 Å². The second kappa shape index (κ2) is 4.21. The van der Waals surface area contributed by atoms with Crippen LogP contribution in [0.25, 0.3) is 0 Å². The van der Waals surface area contributed by atoms with Gasteiger partial charge in [-0.05, 0) is 25.8 Å². The summed E-state index contributed by atoms with van der Waals surface area (Å²) in [4.78, 5) is 8.01. The summed E-state index contributed by atoms with van der Waals surface area (Å²) in [5.41, 5.74) is 0.147. The molecule has 0 spiro atoms. The molecule has 0 bridgehead atoms. The minimum Gasteiger partial charge on any atom is -0.365 e. The van der Waals surface area contributed by atoms with E-state index in [1.807, 2.05) is 6.07 Å². The average molecular weight is 179 g/mol. The summed E-state index contributed by atoms with van der Waals surface area (Å²) >= 11 is 0. The van der Waals surface area contributed by atoms with Gasteiger partial charge in [0.1, 0.15) is 12.1 Å². The molecule has 72 valence electrons. The molecule has 3 nitrogen and oxygen atoms in total. The molecule has 1 rings (SSSR count). The van der Waals surface area contributed by atoms with Gasteiger partial charge >= 0.3 is 0 Å². The highest BCUT2D eigenvalue weighted by Crippen LogP contribution is 2.19. The number of hydrogen-bond acceptors (Lipinski definition) is 3. The van der Waals surface area contributed by atoms with Gasteiger partial charge in [-0.3, -0.25) is 0 Å². The Balaban J connectivity index is 2.68. The summed E-state index contributed by atoms with van der Waals surface area (Å²) in [6.45, 7) is 6.56. The highest BCUT2D eigenvalue weighted by atomic mass is 15.1. The summed E-state index contributed by atoms with van der Waals surface area (Å²) in [5, 5.41) is 3.40. The first-order valence-corrected chi connectivity index (χ1v) is 4.74. The summed E-state index contributed by atoms with van der Waals surface area (Å²) < 4.78 is 0. The maximum absolute atomic E-state index is 4.14. The Kier molecular flexibility index (Phi) is 3.23. The molecule has 0 radical (unpaired) electrons. The maximum Gasteiger partial charge on any atom is 0.129 e. The second-order valence-corrected chi connectivity index (χ2v) is 3.49. The van der Waals surface area contributed by atoms with Crippen molar-refractivity contribution in [1.29, 1.82) is 0 Å². The van der Waals surface area contributed by atoms with E-state index < -0.39 is 0 Å². The molecule has 1 N–H and O–H groups in total. The number of hydrogen-bond donors (Lipinski definition) is 1. The van der Waals surface area contributed by atoms with Gasteiger partial charge in [-0.2, -0.15) is 0 Å². The molecular weight excluding hydrogens is 162 g/mol. The van der Waals surface area contributed by atoms with Crippen LogP contribution in [0.2, 0.25) is 0 Å². The van der Waals surface area contributed by atoms with Crippen LogP contribution >= 0.6 is 0 Å². The zero-order valence-electron chi connectivity index (χ0n) is 8.54. The number of nitrogens with zero attached hydrogens (tertiary/aromatic N) is 2. The molecule has 0 aliphatic heterocycles. The Morgan fingerprint density at radius 3 is 2.54 bits per heavy atom. The second-order valence-electron chi connectivity index (χ2n) is 3.49. The van der Waals surface area contributed by atoms with Crippen LogP contribution in [-0.2, 0) is 0 Å². The molecule has 0 aromatic carbocycles. The summed E-state index contributed by atoms with van der Waals surface area (Å²) in [6.07, 6.45) is 5.50. The summed E-state index contributed by atoms with van der Waals surface area (Å²) in [6, 6.07) is 1.89. The van der Waals surface area contributed by atoms with Gasteiger partial charge in [0.05, 0.1) is 0 Å². The number of aromatic nitrogens is 2. The van der Waals surface area contributed by atoms with Crippen LogP contribution in [0.1, 0.15) is 33.6 Å². The lowest BCUT2D eigenvalue weighted by atomic mass is 9.96. The number of nitrogens with one attached hydrogen (secondary N) is 1. The van der Waals surface area contributed by atoms with Gasteiger partial charge in [-0.25, -0.2) is 9.97 Å². The van der Waals surface area contributed by atoms with Crippen molar-refractivity contribution in [3.8, 4) is 0 Å². The van der Waals surface area contributed by atoms with Crippen LogP contribution in [0.5, 0.6) is 0 Å². The van der Waals surface area contributed by atoms with Crippen molar-refractivity contribution >= 4 is 5.82 Å². The van der Waals surface area contributed by atoms with E-state index in [-0.39, 0.29) is 5.54 Å². The minimum atomic E-state index is 0.147. The molecule has 1 aromatic heterocycles. The molecule has 0 saturated heterocycles. The fourth-order valence-corrected chi connectivity index (χ4v) is 1.10. The Labute approximate surface area is 79.6 Å². The molecule has 0 aliphatic rings. The molecule has 3 heteroatoms. The first-order chi connectivity index (χ1) is 6.20. The molecule has 0 aliphatic carbocycles. The quantitative estimate of drug-likeness (QED) is 0.771.